The number of unbranched alkanes of at least 4 members (excludes halogenated alkanes) is 33. The zero-order chi connectivity index (χ0) is 40.8. The van der Waals surface area contributed by atoms with Crippen LogP contribution in [-0.2, 0) is 14.3 Å². The second kappa shape index (κ2) is 46.3. The third kappa shape index (κ3) is 42.2. The van der Waals surface area contributed by atoms with Crippen LogP contribution in [0.5, 0.6) is 0 Å². The molecule has 0 aliphatic heterocycles. The molecule has 0 fully saturated rings. The molecule has 0 bridgehead atoms. The summed E-state index contributed by atoms with van der Waals surface area (Å²) >= 11 is 0. The number of hydrogen-bond acceptors (Lipinski definition) is 5. The van der Waals surface area contributed by atoms with Gasteiger partial charge in [0, 0.05) is 12.8 Å². The molecular formula is C50H97NO5. The van der Waals surface area contributed by atoms with Gasteiger partial charge < -0.3 is 20.3 Å². The van der Waals surface area contributed by atoms with Crippen molar-refractivity contribution >= 4 is 11.9 Å². The Morgan fingerprint density at radius 3 is 1.27 bits per heavy atom. The molecule has 0 rings (SSSR count). The van der Waals surface area contributed by atoms with Crippen molar-refractivity contribution < 1.29 is 24.5 Å². The van der Waals surface area contributed by atoms with Crippen LogP contribution in [0.15, 0.2) is 12.2 Å². The number of aliphatic hydroxyl groups excluding tert-OH is 2. The standard InChI is InChI=1S/C50H97NO5/c1-3-5-7-9-11-13-14-15-16-17-18-21-24-28-32-36-40-44-50(55)56-45-41-37-33-29-25-22-19-20-23-27-31-35-39-43-49(54)51-47(46-52)48(53)42-38-34-30-26-12-10-8-6-4-2/h15-16,47-48,52-53H,3-14,17-46H2,1-2H3,(H,51,54)/b16-15-. The van der Waals surface area contributed by atoms with Gasteiger partial charge in [0.25, 0.3) is 0 Å². The summed E-state index contributed by atoms with van der Waals surface area (Å²) in [7, 11) is 0. The van der Waals surface area contributed by atoms with Gasteiger partial charge in [-0.25, -0.2) is 0 Å². The lowest BCUT2D eigenvalue weighted by atomic mass is 10.0. The van der Waals surface area contributed by atoms with Crippen LogP contribution in [0.25, 0.3) is 0 Å². The molecule has 0 aliphatic rings. The van der Waals surface area contributed by atoms with E-state index in [1.54, 1.807) is 0 Å². The van der Waals surface area contributed by atoms with E-state index in [0.717, 1.165) is 51.4 Å². The molecule has 0 aromatic rings. The number of ether oxygens (including phenoxy) is 1. The molecule has 56 heavy (non-hydrogen) atoms. The number of rotatable bonds is 46. The van der Waals surface area contributed by atoms with Gasteiger partial charge in [-0.2, -0.15) is 0 Å². The van der Waals surface area contributed by atoms with E-state index in [9.17, 15) is 19.8 Å². The van der Waals surface area contributed by atoms with E-state index in [1.807, 2.05) is 0 Å². The minimum atomic E-state index is -0.669. The Morgan fingerprint density at radius 2 is 0.839 bits per heavy atom. The minimum absolute atomic E-state index is 0.00908. The monoisotopic (exact) mass is 792 g/mol. The number of esters is 1. The van der Waals surface area contributed by atoms with Crippen LogP contribution in [0.4, 0.5) is 0 Å². The molecule has 0 heterocycles. The summed E-state index contributed by atoms with van der Waals surface area (Å²) in [5.41, 5.74) is 0. The van der Waals surface area contributed by atoms with Gasteiger partial charge in [-0.3, -0.25) is 9.59 Å². The molecule has 0 radical (unpaired) electrons. The topological polar surface area (TPSA) is 95.9 Å². The lowest BCUT2D eigenvalue weighted by Crippen LogP contribution is -2.45. The molecule has 0 spiro atoms. The van der Waals surface area contributed by atoms with Crippen molar-refractivity contribution in [2.75, 3.05) is 13.2 Å². The average molecular weight is 792 g/mol. The first-order chi connectivity index (χ1) is 27.5. The summed E-state index contributed by atoms with van der Waals surface area (Å²) in [4.78, 5) is 24.4. The summed E-state index contributed by atoms with van der Waals surface area (Å²) in [6.07, 6.45) is 51.8. The highest BCUT2D eigenvalue weighted by molar-refractivity contribution is 5.76. The Balaban J connectivity index is 3.41. The second-order valence-corrected chi connectivity index (χ2v) is 17.1. The number of nitrogens with one attached hydrogen (secondary N) is 1. The first-order valence-electron chi connectivity index (χ1n) is 24.9. The Kier molecular flexibility index (Phi) is 45.1. The van der Waals surface area contributed by atoms with Crippen molar-refractivity contribution in [3.05, 3.63) is 12.2 Å². The zero-order valence-corrected chi connectivity index (χ0v) is 37.6. The smallest absolute Gasteiger partial charge is 0.305 e. The summed E-state index contributed by atoms with van der Waals surface area (Å²) in [5.74, 6) is -0.0593. The van der Waals surface area contributed by atoms with Gasteiger partial charge in [0.15, 0.2) is 0 Å². The van der Waals surface area contributed by atoms with Gasteiger partial charge >= 0.3 is 5.97 Å². The molecule has 0 aromatic heterocycles. The van der Waals surface area contributed by atoms with Gasteiger partial charge in [0.1, 0.15) is 0 Å². The molecule has 0 saturated carbocycles. The van der Waals surface area contributed by atoms with Crippen molar-refractivity contribution in [1.29, 1.82) is 0 Å². The van der Waals surface area contributed by atoms with E-state index in [-0.39, 0.29) is 18.5 Å². The van der Waals surface area contributed by atoms with Crippen LogP contribution in [0.3, 0.4) is 0 Å². The molecule has 0 saturated heterocycles. The highest BCUT2D eigenvalue weighted by Crippen LogP contribution is 2.16. The number of allylic oxidation sites excluding steroid dienone is 2. The van der Waals surface area contributed by atoms with E-state index in [2.05, 4.69) is 31.3 Å². The minimum Gasteiger partial charge on any atom is -0.466 e. The average Bonchev–Trinajstić information content (AvgIpc) is 3.20. The van der Waals surface area contributed by atoms with Gasteiger partial charge in [-0.05, 0) is 51.4 Å². The predicted octanol–water partition coefficient (Wildman–Crippen LogP) is 14.6. The number of aliphatic hydroxyl groups is 2. The number of carbonyl (C=O) groups excluding carboxylic acids is 2. The van der Waals surface area contributed by atoms with E-state index in [0.29, 0.717) is 25.9 Å². The molecule has 332 valence electrons. The molecule has 0 aliphatic carbocycles. The number of hydrogen-bond donors (Lipinski definition) is 3. The summed E-state index contributed by atoms with van der Waals surface area (Å²) in [6.45, 7) is 4.90. The summed E-state index contributed by atoms with van der Waals surface area (Å²) in [6, 6.07) is -0.548. The lowest BCUT2D eigenvalue weighted by Gasteiger charge is -2.22. The molecule has 6 nitrogen and oxygen atoms in total. The van der Waals surface area contributed by atoms with Crippen LogP contribution in [0.2, 0.25) is 0 Å². The maximum absolute atomic E-state index is 12.4. The van der Waals surface area contributed by atoms with E-state index >= 15 is 0 Å². The van der Waals surface area contributed by atoms with Crippen molar-refractivity contribution in [3.63, 3.8) is 0 Å². The Morgan fingerprint density at radius 1 is 0.482 bits per heavy atom. The number of amides is 1. The Bertz CT molecular complexity index is 832. The van der Waals surface area contributed by atoms with Crippen LogP contribution in [0.1, 0.15) is 271 Å². The summed E-state index contributed by atoms with van der Waals surface area (Å²) < 4.78 is 5.46. The van der Waals surface area contributed by atoms with Crippen molar-refractivity contribution in [1.82, 2.24) is 5.32 Å². The van der Waals surface area contributed by atoms with E-state index in [4.69, 9.17) is 4.74 Å². The Labute approximate surface area is 349 Å². The first kappa shape index (κ1) is 54.6. The fourth-order valence-electron chi connectivity index (χ4n) is 7.69. The van der Waals surface area contributed by atoms with Crippen LogP contribution in [0, 0.1) is 0 Å². The highest BCUT2D eigenvalue weighted by atomic mass is 16.5. The predicted molar refractivity (Wildman–Crippen MR) is 241 cm³/mol. The van der Waals surface area contributed by atoms with Crippen molar-refractivity contribution in [3.8, 4) is 0 Å². The maximum atomic E-state index is 12.4. The summed E-state index contributed by atoms with van der Waals surface area (Å²) in [5, 5.41) is 23.0. The highest BCUT2D eigenvalue weighted by Gasteiger charge is 2.20. The quantitative estimate of drug-likeness (QED) is 0.0324. The maximum Gasteiger partial charge on any atom is 0.305 e. The zero-order valence-electron chi connectivity index (χ0n) is 37.6. The fourth-order valence-corrected chi connectivity index (χ4v) is 7.69. The van der Waals surface area contributed by atoms with Gasteiger partial charge in [-0.15, -0.1) is 0 Å². The number of carbonyl (C=O) groups is 2. The SMILES string of the molecule is CCCCCCCC/C=C\CCCCCCCCCC(=O)OCCCCCCCCCCCCCCCC(=O)NC(CO)C(O)CCCCCCCCCCC. The van der Waals surface area contributed by atoms with Gasteiger partial charge in [-0.1, -0.05) is 219 Å². The van der Waals surface area contributed by atoms with Crippen LogP contribution < -0.4 is 5.32 Å². The Hall–Kier alpha value is -1.40. The largest absolute Gasteiger partial charge is 0.466 e. The third-order valence-corrected chi connectivity index (χ3v) is 11.6. The molecule has 2 atom stereocenters. The van der Waals surface area contributed by atoms with Crippen molar-refractivity contribution in [2.24, 2.45) is 0 Å². The van der Waals surface area contributed by atoms with Crippen LogP contribution >= 0.6 is 0 Å². The van der Waals surface area contributed by atoms with Gasteiger partial charge in [0.05, 0.1) is 25.4 Å². The van der Waals surface area contributed by atoms with Crippen molar-refractivity contribution in [2.45, 2.75) is 283 Å². The fraction of sp³-hybridized carbons (Fsp3) is 0.920. The normalized spacial score (nSPS) is 12.7. The molecule has 0 aromatic carbocycles. The van der Waals surface area contributed by atoms with E-state index < -0.39 is 12.1 Å². The molecule has 6 heteroatoms. The first-order valence-corrected chi connectivity index (χ1v) is 24.9. The molecule has 3 N–H and O–H groups in total. The van der Waals surface area contributed by atoms with Gasteiger partial charge in [0.2, 0.25) is 5.91 Å². The van der Waals surface area contributed by atoms with E-state index in [1.165, 1.54) is 186 Å². The van der Waals surface area contributed by atoms with Crippen LogP contribution in [-0.4, -0.2) is 47.4 Å². The third-order valence-electron chi connectivity index (χ3n) is 11.6. The molecular weight excluding hydrogens is 695 g/mol. The second-order valence-electron chi connectivity index (χ2n) is 17.1. The molecule has 1 amide bonds. The lowest BCUT2D eigenvalue weighted by molar-refractivity contribution is -0.143. The molecule has 2 unspecified atom stereocenters.